The second kappa shape index (κ2) is 5.99. The van der Waals surface area contributed by atoms with Crippen molar-refractivity contribution >= 4 is 0 Å². The summed E-state index contributed by atoms with van der Waals surface area (Å²) in [6.07, 6.45) is 6.43. The number of aromatic nitrogens is 2. The molecule has 2 aliphatic heterocycles. The molecular formula is C16H26N4O. The lowest BCUT2D eigenvalue weighted by atomic mass is 10.1. The van der Waals surface area contributed by atoms with E-state index in [1.165, 1.54) is 19.4 Å². The zero-order valence-electron chi connectivity index (χ0n) is 13.3. The van der Waals surface area contributed by atoms with E-state index >= 15 is 0 Å². The van der Waals surface area contributed by atoms with Gasteiger partial charge in [0.05, 0.1) is 6.61 Å². The average molecular weight is 290 g/mol. The summed E-state index contributed by atoms with van der Waals surface area (Å²) in [5, 5.41) is 3.45. The summed E-state index contributed by atoms with van der Waals surface area (Å²) in [5.41, 5.74) is 1.22. The van der Waals surface area contributed by atoms with Crippen LogP contribution < -0.4 is 5.32 Å². The molecule has 2 saturated heterocycles. The van der Waals surface area contributed by atoms with Gasteiger partial charge in [-0.2, -0.15) is 0 Å². The first-order valence-corrected chi connectivity index (χ1v) is 7.93. The maximum Gasteiger partial charge on any atom is 0.158 e. The van der Waals surface area contributed by atoms with Gasteiger partial charge in [-0.1, -0.05) is 0 Å². The van der Waals surface area contributed by atoms with Crippen molar-refractivity contribution in [3.63, 3.8) is 0 Å². The third kappa shape index (κ3) is 3.78. The number of nitrogens with zero attached hydrogens (tertiary/aromatic N) is 3. The highest BCUT2D eigenvalue weighted by Crippen LogP contribution is 2.28. The Morgan fingerprint density at radius 1 is 1.33 bits per heavy atom. The molecule has 0 aromatic carbocycles. The van der Waals surface area contributed by atoms with E-state index < -0.39 is 0 Å². The average Bonchev–Trinajstić information content (AvgIpc) is 2.92. The van der Waals surface area contributed by atoms with Crippen LogP contribution in [0.1, 0.15) is 51.1 Å². The molecule has 2 atom stereocenters. The molecule has 2 unspecified atom stereocenters. The molecular weight excluding hydrogens is 264 g/mol. The van der Waals surface area contributed by atoms with E-state index in [0.29, 0.717) is 6.04 Å². The lowest BCUT2D eigenvalue weighted by Crippen LogP contribution is -2.42. The molecule has 116 valence electrons. The van der Waals surface area contributed by atoms with Crippen LogP contribution in [0.25, 0.3) is 0 Å². The Hall–Kier alpha value is -1.04. The predicted molar refractivity (Wildman–Crippen MR) is 81.9 cm³/mol. The maximum absolute atomic E-state index is 5.95. The first-order chi connectivity index (χ1) is 10.0. The van der Waals surface area contributed by atoms with Gasteiger partial charge in [-0.3, -0.25) is 4.90 Å². The van der Waals surface area contributed by atoms with Crippen LogP contribution in [0.3, 0.4) is 0 Å². The van der Waals surface area contributed by atoms with Crippen LogP contribution in [0.4, 0.5) is 0 Å². The minimum absolute atomic E-state index is 0.0315. The van der Waals surface area contributed by atoms with Crippen molar-refractivity contribution in [3.8, 4) is 0 Å². The van der Waals surface area contributed by atoms with Gasteiger partial charge in [0.1, 0.15) is 6.10 Å². The number of rotatable bonds is 3. The number of ether oxygens (including phenoxy) is 1. The summed E-state index contributed by atoms with van der Waals surface area (Å²) in [6, 6.07) is 0.622. The quantitative estimate of drug-likeness (QED) is 0.921. The van der Waals surface area contributed by atoms with Gasteiger partial charge in [0, 0.05) is 42.6 Å². The highest BCUT2D eigenvalue weighted by molar-refractivity contribution is 5.07. The zero-order chi connectivity index (χ0) is 14.9. The molecule has 0 saturated carbocycles. The van der Waals surface area contributed by atoms with Crippen LogP contribution in [0.15, 0.2) is 12.4 Å². The molecule has 0 aliphatic carbocycles. The lowest BCUT2D eigenvalue weighted by molar-refractivity contribution is -0.0541. The van der Waals surface area contributed by atoms with Gasteiger partial charge in [0.15, 0.2) is 5.82 Å². The Morgan fingerprint density at radius 3 is 2.81 bits per heavy atom. The first-order valence-electron chi connectivity index (χ1n) is 7.93. The summed E-state index contributed by atoms with van der Waals surface area (Å²) < 4.78 is 5.95. The summed E-state index contributed by atoms with van der Waals surface area (Å²) in [4.78, 5) is 11.5. The van der Waals surface area contributed by atoms with Gasteiger partial charge in [0.25, 0.3) is 0 Å². The summed E-state index contributed by atoms with van der Waals surface area (Å²) in [6.45, 7) is 10.2. The number of hydrogen-bond acceptors (Lipinski definition) is 5. The van der Waals surface area contributed by atoms with E-state index in [0.717, 1.165) is 31.1 Å². The van der Waals surface area contributed by atoms with E-state index in [-0.39, 0.29) is 11.6 Å². The second-order valence-corrected chi connectivity index (χ2v) is 7.17. The van der Waals surface area contributed by atoms with Crippen molar-refractivity contribution < 1.29 is 4.74 Å². The van der Waals surface area contributed by atoms with Gasteiger partial charge in [-0.25, -0.2) is 9.97 Å². The normalized spacial score (nSPS) is 26.8. The Labute approximate surface area is 127 Å². The van der Waals surface area contributed by atoms with E-state index in [1.807, 2.05) is 12.4 Å². The van der Waals surface area contributed by atoms with Crippen LogP contribution >= 0.6 is 0 Å². The van der Waals surface area contributed by atoms with Crippen molar-refractivity contribution in [2.24, 2.45) is 0 Å². The molecule has 0 radical (unpaired) electrons. The fourth-order valence-electron chi connectivity index (χ4n) is 2.96. The first kappa shape index (κ1) is 14.9. The molecule has 21 heavy (non-hydrogen) atoms. The zero-order valence-corrected chi connectivity index (χ0v) is 13.3. The molecule has 3 heterocycles. The molecule has 1 N–H and O–H groups in total. The molecule has 3 rings (SSSR count). The van der Waals surface area contributed by atoms with Crippen LogP contribution in [-0.4, -0.2) is 46.1 Å². The molecule has 2 aliphatic rings. The number of morpholine rings is 1. The third-order valence-electron chi connectivity index (χ3n) is 4.23. The van der Waals surface area contributed by atoms with Crippen LogP contribution in [-0.2, 0) is 11.3 Å². The molecule has 1 aromatic rings. The molecule has 2 fully saturated rings. The second-order valence-electron chi connectivity index (χ2n) is 7.17. The largest absolute Gasteiger partial charge is 0.367 e. The smallest absolute Gasteiger partial charge is 0.158 e. The minimum atomic E-state index is 0.0315. The maximum atomic E-state index is 5.95. The van der Waals surface area contributed by atoms with Crippen molar-refractivity contribution in [1.29, 1.82) is 0 Å². The SMILES string of the molecule is CC(C)(C)NCc1cnc(C2CN3CCCC3CO2)nc1. The topological polar surface area (TPSA) is 50.3 Å². The molecule has 0 amide bonds. The Bertz CT molecular complexity index is 468. The number of hydrogen-bond donors (Lipinski definition) is 1. The van der Waals surface area contributed by atoms with Gasteiger partial charge in [-0.15, -0.1) is 0 Å². The van der Waals surface area contributed by atoms with Crippen LogP contribution in [0.5, 0.6) is 0 Å². The highest BCUT2D eigenvalue weighted by Gasteiger charge is 2.33. The Kier molecular flexibility index (Phi) is 4.24. The van der Waals surface area contributed by atoms with E-state index in [1.54, 1.807) is 0 Å². The number of fused-ring (bicyclic) bond motifs is 1. The van der Waals surface area contributed by atoms with Gasteiger partial charge < -0.3 is 10.1 Å². The van der Waals surface area contributed by atoms with Crippen molar-refractivity contribution in [3.05, 3.63) is 23.8 Å². The molecule has 5 nitrogen and oxygen atoms in total. The minimum Gasteiger partial charge on any atom is -0.367 e. The van der Waals surface area contributed by atoms with Crippen molar-refractivity contribution in [2.45, 2.75) is 57.8 Å². The van der Waals surface area contributed by atoms with Crippen molar-refractivity contribution in [1.82, 2.24) is 20.2 Å². The van der Waals surface area contributed by atoms with Crippen LogP contribution in [0, 0.1) is 0 Å². The highest BCUT2D eigenvalue weighted by atomic mass is 16.5. The molecule has 0 bridgehead atoms. The fraction of sp³-hybridized carbons (Fsp3) is 0.750. The van der Waals surface area contributed by atoms with E-state index in [9.17, 15) is 0 Å². The van der Waals surface area contributed by atoms with Gasteiger partial charge >= 0.3 is 0 Å². The van der Waals surface area contributed by atoms with Crippen molar-refractivity contribution in [2.75, 3.05) is 19.7 Å². The Balaban J connectivity index is 1.59. The predicted octanol–water partition coefficient (Wildman–Crippen LogP) is 1.90. The molecule has 1 aromatic heterocycles. The van der Waals surface area contributed by atoms with Crippen LogP contribution in [0.2, 0.25) is 0 Å². The number of nitrogens with one attached hydrogen (secondary N) is 1. The van der Waals surface area contributed by atoms with E-state index in [2.05, 4.69) is 41.0 Å². The van der Waals surface area contributed by atoms with Gasteiger partial charge in [0.2, 0.25) is 0 Å². The van der Waals surface area contributed by atoms with E-state index in [4.69, 9.17) is 4.74 Å². The lowest BCUT2D eigenvalue weighted by Gasteiger charge is -2.34. The third-order valence-corrected chi connectivity index (χ3v) is 4.23. The Morgan fingerprint density at radius 2 is 2.10 bits per heavy atom. The fourth-order valence-corrected chi connectivity index (χ4v) is 2.96. The molecule has 5 heteroatoms. The monoisotopic (exact) mass is 290 g/mol. The summed E-state index contributed by atoms with van der Waals surface area (Å²) >= 11 is 0. The summed E-state index contributed by atoms with van der Waals surface area (Å²) in [7, 11) is 0. The summed E-state index contributed by atoms with van der Waals surface area (Å²) in [5.74, 6) is 0.819. The van der Waals surface area contributed by atoms with Gasteiger partial charge in [-0.05, 0) is 40.2 Å². The molecule has 0 spiro atoms. The standard InChI is InChI=1S/C16H26N4O/c1-16(2,3)19-9-12-7-17-15(18-8-12)14-10-20-6-4-5-13(20)11-21-14/h7-8,13-14,19H,4-6,9-11H2,1-3H3.